The van der Waals surface area contributed by atoms with Gasteiger partial charge in [-0.2, -0.15) is 0 Å². The summed E-state index contributed by atoms with van der Waals surface area (Å²) in [6.45, 7) is 3.10. The molecule has 1 aromatic rings. The maximum atomic E-state index is 5.80. The van der Waals surface area contributed by atoms with Gasteiger partial charge in [0.2, 0.25) is 0 Å². The second-order valence-electron chi connectivity index (χ2n) is 3.39. The van der Waals surface area contributed by atoms with Crippen molar-refractivity contribution in [1.29, 1.82) is 0 Å². The molecule has 0 aliphatic rings. The Balaban J connectivity index is 2.34. The predicted molar refractivity (Wildman–Crippen MR) is 66.2 cm³/mol. The van der Waals surface area contributed by atoms with E-state index in [1.54, 1.807) is 0 Å². The molecule has 0 radical (unpaired) electrons. The highest BCUT2D eigenvalue weighted by atomic mass is 79.9. The van der Waals surface area contributed by atoms with Gasteiger partial charge < -0.3 is 5.32 Å². The second-order valence-corrected chi connectivity index (χ2v) is 4.62. The molecule has 0 spiro atoms. The number of rotatable bonds is 5. The smallest absolute Gasteiger partial charge is 0.0406 e. The third-order valence-electron chi connectivity index (χ3n) is 2.11. The average Bonchev–Trinajstić information content (AvgIpc) is 2.17. The lowest BCUT2D eigenvalue weighted by molar-refractivity contribution is 0.538. The van der Waals surface area contributed by atoms with Crippen molar-refractivity contribution in [3.63, 3.8) is 0 Å². The zero-order valence-corrected chi connectivity index (χ0v) is 10.6. The highest BCUT2D eigenvalue weighted by molar-refractivity contribution is 9.09. The van der Waals surface area contributed by atoms with Crippen LogP contribution in [0.2, 0.25) is 5.02 Å². The molecule has 3 heteroatoms. The first-order valence-corrected chi connectivity index (χ1v) is 6.26. The third-order valence-corrected chi connectivity index (χ3v) is 2.82. The van der Waals surface area contributed by atoms with Gasteiger partial charge in [-0.25, -0.2) is 0 Å². The summed E-state index contributed by atoms with van der Waals surface area (Å²) in [4.78, 5) is 0. The van der Waals surface area contributed by atoms with Crippen LogP contribution in [-0.4, -0.2) is 11.4 Å². The van der Waals surface area contributed by atoms with Crippen molar-refractivity contribution in [3.05, 3.63) is 34.9 Å². The molecular weight excluding hydrogens is 261 g/mol. The van der Waals surface area contributed by atoms with E-state index in [9.17, 15) is 0 Å². The van der Waals surface area contributed by atoms with Crippen LogP contribution in [-0.2, 0) is 6.54 Å². The van der Waals surface area contributed by atoms with Crippen molar-refractivity contribution in [2.24, 2.45) is 0 Å². The normalized spacial score (nSPS) is 12.8. The van der Waals surface area contributed by atoms with E-state index in [1.807, 2.05) is 12.1 Å². The van der Waals surface area contributed by atoms with Gasteiger partial charge in [0.05, 0.1) is 0 Å². The van der Waals surface area contributed by atoms with Crippen molar-refractivity contribution >= 4 is 27.5 Å². The topological polar surface area (TPSA) is 12.0 Å². The molecule has 1 rings (SSSR count). The fraction of sp³-hybridized carbons (Fsp3) is 0.455. The number of hydrogen-bond acceptors (Lipinski definition) is 1. The van der Waals surface area contributed by atoms with Crippen LogP contribution in [0.1, 0.15) is 18.9 Å². The summed E-state index contributed by atoms with van der Waals surface area (Å²) < 4.78 is 0. The standard InChI is InChI=1S/C11H15BrClN/c1-9(6-7-12)14-8-10-2-4-11(13)5-3-10/h2-5,9,14H,6-8H2,1H3. The highest BCUT2D eigenvalue weighted by Gasteiger charge is 1.99. The Labute approximate surface area is 99.0 Å². The lowest BCUT2D eigenvalue weighted by Gasteiger charge is -2.11. The fourth-order valence-electron chi connectivity index (χ4n) is 1.16. The number of benzene rings is 1. The molecular formula is C11H15BrClN. The molecule has 1 atom stereocenters. The van der Waals surface area contributed by atoms with Crippen LogP contribution in [0.4, 0.5) is 0 Å². The average molecular weight is 277 g/mol. The van der Waals surface area contributed by atoms with Gasteiger partial charge in [0, 0.05) is 22.9 Å². The lowest BCUT2D eigenvalue weighted by Crippen LogP contribution is -2.25. The first-order valence-electron chi connectivity index (χ1n) is 4.76. The van der Waals surface area contributed by atoms with E-state index in [1.165, 1.54) is 5.56 Å². The third kappa shape index (κ3) is 4.45. The van der Waals surface area contributed by atoms with Crippen LogP contribution < -0.4 is 5.32 Å². The minimum Gasteiger partial charge on any atom is -0.310 e. The van der Waals surface area contributed by atoms with E-state index in [4.69, 9.17) is 11.6 Å². The molecule has 1 N–H and O–H groups in total. The van der Waals surface area contributed by atoms with E-state index in [-0.39, 0.29) is 0 Å². The number of halogens is 2. The molecule has 0 heterocycles. The summed E-state index contributed by atoms with van der Waals surface area (Å²) in [5.41, 5.74) is 1.27. The predicted octanol–water partition coefficient (Wildman–Crippen LogP) is 3.60. The summed E-state index contributed by atoms with van der Waals surface area (Å²) in [6.07, 6.45) is 1.15. The molecule has 0 aliphatic heterocycles. The largest absolute Gasteiger partial charge is 0.310 e. The van der Waals surface area contributed by atoms with E-state index in [0.29, 0.717) is 6.04 Å². The molecule has 1 aromatic carbocycles. The molecule has 0 bridgehead atoms. The Bertz CT molecular complexity index is 260. The molecule has 1 unspecified atom stereocenters. The molecule has 0 aromatic heterocycles. The zero-order chi connectivity index (χ0) is 10.4. The first-order chi connectivity index (χ1) is 6.72. The Morgan fingerprint density at radius 2 is 2.00 bits per heavy atom. The molecule has 78 valence electrons. The SMILES string of the molecule is CC(CCBr)NCc1ccc(Cl)cc1. The summed E-state index contributed by atoms with van der Waals surface area (Å²) in [6, 6.07) is 8.50. The van der Waals surface area contributed by atoms with Gasteiger partial charge in [-0.1, -0.05) is 39.7 Å². The Morgan fingerprint density at radius 1 is 1.36 bits per heavy atom. The maximum absolute atomic E-state index is 5.80. The molecule has 0 saturated carbocycles. The van der Waals surface area contributed by atoms with E-state index in [2.05, 4.69) is 40.3 Å². The number of hydrogen-bond donors (Lipinski definition) is 1. The Hall–Kier alpha value is -0.0500. The van der Waals surface area contributed by atoms with Gasteiger partial charge in [0.15, 0.2) is 0 Å². The molecule has 0 saturated heterocycles. The molecule has 14 heavy (non-hydrogen) atoms. The van der Waals surface area contributed by atoms with Crippen molar-refractivity contribution in [2.45, 2.75) is 25.9 Å². The highest BCUT2D eigenvalue weighted by Crippen LogP contribution is 2.09. The van der Waals surface area contributed by atoms with Crippen molar-refractivity contribution < 1.29 is 0 Å². The van der Waals surface area contributed by atoms with Gasteiger partial charge in [-0.15, -0.1) is 0 Å². The van der Waals surface area contributed by atoms with Crippen molar-refractivity contribution in [1.82, 2.24) is 5.32 Å². The van der Waals surface area contributed by atoms with Gasteiger partial charge in [0.1, 0.15) is 0 Å². The van der Waals surface area contributed by atoms with Crippen LogP contribution >= 0.6 is 27.5 Å². The van der Waals surface area contributed by atoms with Crippen molar-refractivity contribution in [3.8, 4) is 0 Å². The molecule has 0 fully saturated rings. The van der Waals surface area contributed by atoms with E-state index in [0.717, 1.165) is 23.3 Å². The maximum Gasteiger partial charge on any atom is 0.0406 e. The minimum atomic E-state index is 0.546. The number of alkyl halides is 1. The summed E-state index contributed by atoms with van der Waals surface area (Å²) in [5.74, 6) is 0. The van der Waals surface area contributed by atoms with Crippen LogP contribution in [0.15, 0.2) is 24.3 Å². The van der Waals surface area contributed by atoms with Crippen LogP contribution in [0.5, 0.6) is 0 Å². The molecule has 0 amide bonds. The Kier molecular flexibility index (Phi) is 5.53. The summed E-state index contributed by atoms with van der Waals surface area (Å²) >= 11 is 9.23. The monoisotopic (exact) mass is 275 g/mol. The second kappa shape index (κ2) is 6.44. The van der Waals surface area contributed by atoms with Gasteiger partial charge in [-0.05, 0) is 31.0 Å². The van der Waals surface area contributed by atoms with E-state index >= 15 is 0 Å². The quantitative estimate of drug-likeness (QED) is 0.810. The van der Waals surface area contributed by atoms with Gasteiger partial charge in [0.25, 0.3) is 0 Å². The summed E-state index contributed by atoms with van der Waals surface area (Å²) in [5, 5.41) is 5.28. The molecule has 1 nitrogen and oxygen atoms in total. The fourth-order valence-corrected chi connectivity index (χ4v) is 1.97. The van der Waals surface area contributed by atoms with E-state index < -0.39 is 0 Å². The Morgan fingerprint density at radius 3 is 2.57 bits per heavy atom. The minimum absolute atomic E-state index is 0.546. The summed E-state index contributed by atoms with van der Waals surface area (Å²) in [7, 11) is 0. The molecule has 0 aliphatic carbocycles. The zero-order valence-electron chi connectivity index (χ0n) is 8.26. The van der Waals surface area contributed by atoms with Crippen LogP contribution in [0.25, 0.3) is 0 Å². The number of nitrogens with one attached hydrogen (secondary N) is 1. The van der Waals surface area contributed by atoms with Gasteiger partial charge in [-0.3, -0.25) is 0 Å². The first kappa shape index (κ1) is 12.0. The lowest BCUT2D eigenvalue weighted by atomic mass is 10.2. The van der Waals surface area contributed by atoms with Gasteiger partial charge >= 0.3 is 0 Å². The van der Waals surface area contributed by atoms with Crippen LogP contribution in [0, 0.1) is 0 Å². The van der Waals surface area contributed by atoms with Crippen molar-refractivity contribution in [2.75, 3.05) is 5.33 Å². The van der Waals surface area contributed by atoms with Crippen LogP contribution in [0.3, 0.4) is 0 Å².